The molecule has 1 aromatic heterocycles. The van der Waals surface area contributed by atoms with Crippen molar-refractivity contribution < 1.29 is 23.7 Å². The molecule has 0 fully saturated rings. The summed E-state index contributed by atoms with van der Waals surface area (Å²) < 4.78 is 24.9. The van der Waals surface area contributed by atoms with Crippen LogP contribution in [0.2, 0.25) is 5.02 Å². The Labute approximate surface area is 265 Å². The molecule has 1 aliphatic rings. The van der Waals surface area contributed by atoms with Crippen molar-refractivity contribution in [1.82, 2.24) is 4.57 Å². The van der Waals surface area contributed by atoms with Gasteiger partial charge in [0.2, 0.25) is 0 Å². The molecule has 0 saturated carbocycles. The molecule has 0 amide bonds. The van der Waals surface area contributed by atoms with Crippen molar-refractivity contribution in [2.45, 2.75) is 26.5 Å². The average molecular weight is 684 g/mol. The molecular weight excluding hydrogens is 656 g/mol. The molecule has 2 heterocycles. The predicted octanol–water partition coefficient (Wildman–Crippen LogP) is 5.81. The number of hydrogen-bond acceptors (Lipinski definition) is 8. The minimum atomic E-state index is -0.810. The summed E-state index contributed by atoms with van der Waals surface area (Å²) in [6, 6.07) is 17.6. The van der Waals surface area contributed by atoms with Crippen LogP contribution in [0.25, 0.3) is 6.08 Å². The molecule has 222 valence electrons. The molecule has 3 aromatic carbocycles. The summed E-state index contributed by atoms with van der Waals surface area (Å²) in [5, 5.41) is 0.674. The van der Waals surface area contributed by atoms with E-state index in [1.807, 2.05) is 48.5 Å². The van der Waals surface area contributed by atoms with E-state index >= 15 is 0 Å². The van der Waals surface area contributed by atoms with E-state index in [9.17, 15) is 9.59 Å². The van der Waals surface area contributed by atoms with Crippen molar-refractivity contribution in [1.29, 1.82) is 0 Å². The molecule has 8 nitrogen and oxygen atoms in total. The molecule has 4 aromatic rings. The number of benzene rings is 3. The summed E-state index contributed by atoms with van der Waals surface area (Å²) in [4.78, 5) is 32.3. The minimum Gasteiger partial charge on any atom is -0.493 e. The normalized spacial score (nSPS) is 14.7. The molecule has 0 bridgehead atoms. The Hall–Kier alpha value is -3.86. The average Bonchev–Trinajstić information content (AvgIpc) is 3.30. The van der Waals surface area contributed by atoms with Crippen molar-refractivity contribution in [2.24, 2.45) is 4.99 Å². The number of fused-ring (bicyclic) bond motifs is 1. The molecule has 1 aliphatic heterocycles. The molecule has 0 unspecified atom stereocenters. The van der Waals surface area contributed by atoms with Crippen LogP contribution in [-0.2, 0) is 16.1 Å². The Morgan fingerprint density at radius 3 is 2.40 bits per heavy atom. The monoisotopic (exact) mass is 682 g/mol. The Kier molecular flexibility index (Phi) is 9.39. The SMILES string of the molecule is CCOC(=O)C1=C(C)N=c2s/c(=C\c3ccc(OCc4ccc(Cl)cc4)cc3)c(=O)n2[C@H]1c1cc(OC)c(OC)cc1Br. The van der Waals surface area contributed by atoms with Crippen molar-refractivity contribution in [3.05, 3.63) is 118 Å². The lowest BCUT2D eigenvalue weighted by Crippen LogP contribution is -2.40. The Bertz CT molecular complexity index is 1880. The van der Waals surface area contributed by atoms with Crippen LogP contribution < -0.4 is 29.1 Å². The van der Waals surface area contributed by atoms with Crippen LogP contribution in [0.1, 0.15) is 36.6 Å². The van der Waals surface area contributed by atoms with Gasteiger partial charge in [-0.2, -0.15) is 0 Å². The van der Waals surface area contributed by atoms with Crippen LogP contribution in [0.4, 0.5) is 0 Å². The van der Waals surface area contributed by atoms with Gasteiger partial charge in [-0.25, -0.2) is 9.79 Å². The number of esters is 1. The summed E-state index contributed by atoms with van der Waals surface area (Å²) in [7, 11) is 3.07. The molecule has 0 N–H and O–H groups in total. The number of rotatable bonds is 9. The highest BCUT2D eigenvalue weighted by Gasteiger charge is 2.35. The van der Waals surface area contributed by atoms with E-state index in [-0.39, 0.29) is 17.7 Å². The first-order chi connectivity index (χ1) is 20.7. The zero-order valence-corrected chi connectivity index (χ0v) is 27.0. The molecule has 0 spiro atoms. The third-order valence-electron chi connectivity index (χ3n) is 6.81. The fourth-order valence-corrected chi connectivity index (χ4v) is 6.44. The molecular formula is C32H28BrClN2O6S. The van der Waals surface area contributed by atoms with Gasteiger partial charge in [0.15, 0.2) is 16.3 Å². The number of carbonyl (C=O) groups excluding carboxylic acids is 1. The lowest BCUT2D eigenvalue weighted by molar-refractivity contribution is -0.139. The molecule has 0 radical (unpaired) electrons. The van der Waals surface area contributed by atoms with Gasteiger partial charge in [0.1, 0.15) is 12.4 Å². The van der Waals surface area contributed by atoms with Crippen LogP contribution in [-0.4, -0.2) is 31.4 Å². The number of nitrogens with zero attached hydrogens (tertiary/aromatic N) is 2. The summed E-state index contributed by atoms with van der Waals surface area (Å²) in [5.41, 5.74) is 2.91. The van der Waals surface area contributed by atoms with Gasteiger partial charge in [-0.15, -0.1) is 0 Å². The second-order valence-electron chi connectivity index (χ2n) is 9.52. The van der Waals surface area contributed by atoms with Crippen molar-refractivity contribution in [2.75, 3.05) is 20.8 Å². The van der Waals surface area contributed by atoms with E-state index < -0.39 is 12.0 Å². The van der Waals surface area contributed by atoms with Gasteiger partial charge >= 0.3 is 5.97 Å². The van der Waals surface area contributed by atoms with Gasteiger partial charge in [0, 0.05) is 9.50 Å². The standard InChI is InChI=1S/C32H28BrClN2O6S/c1-5-41-31(38)28-18(2)35-32-36(29(28)23-15-25(39-3)26(40-4)16-24(23)33)30(37)27(43-32)14-19-8-12-22(13-9-19)42-17-20-6-10-21(34)11-7-20/h6-16,29H,5,17H2,1-4H3/b27-14-/t29-/m0/s1. The fourth-order valence-electron chi connectivity index (χ4n) is 4.72. The number of hydrogen-bond donors (Lipinski definition) is 0. The highest BCUT2D eigenvalue weighted by Crippen LogP contribution is 2.40. The first-order valence-electron chi connectivity index (χ1n) is 13.3. The van der Waals surface area contributed by atoms with Crippen LogP contribution >= 0.6 is 38.9 Å². The van der Waals surface area contributed by atoms with Crippen molar-refractivity contribution in [3.63, 3.8) is 0 Å². The van der Waals surface area contributed by atoms with Crippen molar-refractivity contribution >= 4 is 50.9 Å². The zero-order valence-electron chi connectivity index (χ0n) is 23.9. The van der Waals surface area contributed by atoms with Gasteiger partial charge in [-0.05, 0) is 73.0 Å². The van der Waals surface area contributed by atoms with Gasteiger partial charge < -0.3 is 18.9 Å². The van der Waals surface area contributed by atoms with E-state index in [1.165, 1.54) is 23.0 Å². The van der Waals surface area contributed by atoms with E-state index in [0.29, 0.717) is 53.9 Å². The summed E-state index contributed by atoms with van der Waals surface area (Å²) >= 11 is 10.8. The Balaban J connectivity index is 1.55. The van der Waals surface area contributed by atoms with Gasteiger partial charge in [-0.3, -0.25) is 9.36 Å². The fraction of sp³-hybridized carbons (Fsp3) is 0.219. The molecule has 43 heavy (non-hydrogen) atoms. The number of carbonyl (C=O) groups is 1. The minimum absolute atomic E-state index is 0.180. The van der Waals surface area contributed by atoms with Crippen molar-refractivity contribution in [3.8, 4) is 17.2 Å². The zero-order chi connectivity index (χ0) is 30.7. The summed E-state index contributed by atoms with van der Waals surface area (Å²) in [5.74, 6) is 1.11. The first-order valence-corrected chi connectivity index (χ1v) is 15.3. The third kappa shape index (κ3) is 6.41. The number of aromatic nitrogens is 1. The number of halogens is 2. The topological polar surface area (TPSA) is 88.4 Å². The molecule has 0 saturated heterocycles. The number of thiazole rings is 1. The second-order valence-corrected chi connectivity index (χ2v) is 11.8. The van der Waals surface area contributed by atoms with E-state index in [1.54, 1.807) is 39.2 Å². The number of ether oxygens (including phenoxy) is 4. The summed E-state index contributed by atoms with van der Waals surface area (Å²) in [6.07, 6.45) is 1.80. The highest BCUT2D eigenvalue weighted by molar-refractivity contribution is 9.10. The molecule has 0 aliphatic carbocycles. The van der Waals surface area contributed by atoms with E-state index in [4.69, 9.17) is 30.5 Å². The summed E-state index contributed by atoms with van der Waals surface area (Å²) in [6.45, 7) is 4.06. The quantitative estimate of drug-likeness (QED) is 0.207. The van der Waals surface area contributed by atoms with E-state index in [0.717, 1.165) is 11.1 Å². The maximum absolute atomic E-state index is 14.0. The number of allylic oxidation sites excluding steroid dienone is 1. The lowest BCUT2D eigenvalue weighted by Gasteiger charge is -2.26. The maximum Gasteiger partial charge on any atom is 0.338 e. The predicted molar refractivity (Wildman–Crippen MR) is 170 cm³/mol. The maximum atomic E-state index is 14.0. The van der Waals surface area contributed by atoms with Crippen LogP contribution in [0, 0.1) is 0 Å². The Morgan fingerprint density at radius 1 is 1.07 bits per heavy atom. The molecule has 5 rings (SSSR count). The lowest BCUT2D eigenvalue weighted by atomic mass is 9.95. The third-order valence-corrected chi connectivity index (χ3v) is 8.73. The van der Waals surface area contributed by atoms with Crippen LogP contribution in [0.15, 0.2) is 86.2 Å². The van der Waals surface area contributed by atoms with Gasteiger partial charge in [-0.1, -0.05) is 63.1 Å². The van der Waals surface area contributed by atoms with Gasteiger partial charge in [0.05, 0.1) is 42.7 Å². The smallest absolute Gasteiger partial charge is 0.338 e. The largest absolute Gasteiger partial charge is 0.493 e. The number of methoxy groups -OCH3 is 2. The van der Waals surface area contributed by atoms with Crippen LogP contribution in [0.3, 0.4) is 0 Å². The highest BCUT2D eigenvalue weighted by atomic mass is 79.9. The van der Waals surface area contributed by atoms with Gasteiger partial charge in [0.25, 0.3) is 5.56 Å². The first kappa shape index (κ1) is 30.6. The molecule has 1 atom stereocenters. The van der Waals surface area contributed by atoms with E-state index in [2.05, 4.69) is 20.9 Å². The Morgan fingerprint density at radius 2 is 1.74 bits per heavy atom. The van der Waals surface area contributed by atoms with Crippen LogP contribution in [0.5, 0.6) is 17.2 Å². The molecule has 11 heteroatoms. The second kappa shape index (κ2) is 13.2.